The Hall–Kier alpha value is -1.78. The van der Waals surface area contributed by atoms with Gasteiger partial charge in [0.1, 0.15) is 5.82 Å². The minimum Gasteiger partial charge on any atom is -0.309 e. The van der Waals surface area contributed by atoms with E-state index in [0.717, 1.165) is 22.0 Å². The highest BCUT2D eigenvalue weighted by Gasteiger charge is 2.19. The standard InChI is InChI=1S/C17H14BrFN2/c1-20-17(12-7-3-9-14(19)15(12)18)13-8-2-5-11-6-4-10-21-16(11)13/h2-10,17,20H,1H3. The van der Waals surface area contributed by atoms with Gasteiger partial charge in [-0.3, -0.25) is 4.98 Å². The second-order valence-corrected chi connectivity index (χ2v) is 5.58. The Morgan fingerprint density at radius 2 is 1.76 bits per heavy atom. The van der Waals surface area contributed by atoms with Crippen LogP contribution in [0.1, 0.15) is 17.2 Å². The number of halogens is 2. The summed E-state index contributed by atoms with van der Waals surface area (Å²) in [6.45, 7) is 0. The quantitative estimate of drug-likeness (QED) is 0.759. The van der Waals surface area contributed by atoms with Gasteiger partial charge in [-0.25, -0.2) is 4.39 Å². The summed E-state index contributed by atoms with van der Waals surface area (Å²) in [6, 6.07) is 14.9. The monoisotopic (exact) mass is 344 g/mol. The summed E-state index contributed by atoms with van der Waals surface area (Å²) >= 11 is 3.35. The number of aromatic nitrogens is 1. The van der Waals surface area contributed by atoms with Crippen molar-refractivity contribution in [3.63, 3.8) is 0 Å². The predicted molar refractivity (Wildman–Crippen MR) is 86.7 cm³/mol. The Morgan fingerprint density at radius 3 is 2.57 bits per heavy atom. The average Bonchev–Trinajstić information content (AvgIpc) is 2.52. The first-order chi connectivity index (χ1) is 10.2. The van der Waals surface area contributed by atoms with E-state index >= 15 is 0 Å². The first kappa shape index (κ1) is 14.2. The van der Waals surface area contributed by atoms with E-state index in [1.165, 1.54) is 6.07 Å². The smallest absolute Gasteiger partial charge is 0.137 e. The van der Waals surface area contributed by atoms with Gasteiger partial charge in [0.25, 0.3) is 0 Å². The lowest BCUT2D eigenvalue weighted by Gasteiger charge is -2.20. The molecular formula is C17H14BrFN2. The van der Waals surface area contributed by atoms with Crippen molar-refractivity contribution in [3.05, 3.63) is 76.1 Å². The second kappa shape index (κ2) is 5.92. The van der Waals surface area contributed by atoms with E-state index < -0.39 is 0 Å². The minimum absolute atomic E-state index is 0.131. The van der Waals surface area contributed by atoms with Crippen LogP contribution in [0.15, 0.2) is 59.2 Å². The molecule has 1 unspecified atom stereocenters. The molecule has 1 N–H and O–H groups in total. The number of hydrogen-bond donors (Lipinski definition) is 1. The van der Waals surface area contributed by atoms with Crippen molar-refractivity contribution in [2.75, 3.05) is 7.05 Å². The number of nitrogens with zero attached hydrogens (tertiary/aromatic N) is 1. The van der Waals surface area contributed by atoms with Crippen molar-refractivity contribution in [1.29, 1.82) is 0 Å². The Morgan fingerprint density at radius 1 is 1.05 bits per heavy atom. The molecule has 0 aliphatic rings. The lowest BCUT2D eigenvalue weighted by molar-refractivity contribution is 0.608. The molecule has 0 radical (unpaired) electrons. The Balaban J connectivity index is 2.21. The van der Waals surface area contributed by atoms with E-state index in [9.17, 15) is 4.39 Å². The summed E-state index contributed by atoms with van der Waals surface area (Å²) in [5.41, 5.74) is 2.81. The SMILES string of the molecule is CNC(c1cccc(F)c1Br)c1cccc2cccnc12. The number of nitrogens with one attached hydrogen (secondary N) is 1. The van der Waals surface area contributed by atoms with Crippen LogP contribution in [-0.2, 0) is 0 Å². The van der Waals surface area contributed by atoms with Crippen LogP contribution in [0.4, 0.5) is 4.39 Å². The van der Waals surface area contributed by atoms with Crippen molar-refractivity contribution in [3.8, 4) is 0 Å². The number of pyridine rings is 1. The van der Waals surface area contributed by atoms with Crippen molar-refractivity contribution >= 4 is 26.8 Å². The molecule has 3 aromatic rings. The second-order valence-electron chi connectivity index (χ2n) is 4.79. The molecule has 2 nitrogen and oxygen atoms in total. The molecule has 1 atom stereocenters. The zero-order valence-electron chi connectivity index (χ0n) is 11.5. The van der Waals surface area contributed by atoms with Crippen LogP contribution in [0.2, 0.25) is 0 Å². The average molecular weight is 345 g/mol. The van der Waals surface area contributed by atoms with Crippen LogP contribution in [0.25, 0.3) is 10.9 Å². The first-order valence-electron chi connectivity index (χ1n) is 6.67. The summed E-state index contributed by atoms with van der Waals surface area (Å²) in [7, 11) is 1.86. The number of para-hydroxylation sites is 1. The maximum Gasteiger partial charge on any atom is 0.137 e. The fraction of sp³-hybridized carbons (Fsp3) is 0.118. The van der Waals surface area contributed by atoms with E-state index in [1.54, 1.807) is 12.3 Å². The molecule has 21 heavy (non-hydrogen) atoms. The van der Waals surface area contributed by atoms with Gasteiger partial charge in [0.15, 0.2) is 0 Å². The third kappa shape index (κ3) is 2.57. The lowest BCUT2D eigenvalue weighted by Crippen LogP contribution is -2.19. The minimum atomic E-state index is -0.263. The van der Waals surface area contributed by atoms with Crippen LogP contribution in [0, 0.1) is 5.82 Å². The molecule has 1 aromatic heterocycles. The molecule has 0 spiro atoms. The van der Waals surface area contributed by atoms with Gasteiger partial charge in [-0.15, -0.1) is 0 Å². The maximum absolute atomic E-state index is 13.8. The van der Waals surface area contributed by atoms with E-state index in [4.69, 9.17) is 0 Å². The molecule has 3 rings (SSSR count). The van der Waals surface area contributed by atoms with Gasteiger partial charge >= 0.3 is 0 Å². The summed E-state index contributed by atoms with van der Waals surface area (Å²) in [5, 5.41) is 4.33. The molecule has 0 bridgehead atoms. The predicted octanol–water partition coefficient (Wildman–Crippen LogP) is 4.45. The Kier molecular flexibility index (Phi) is 3.99. The molecule has 1 heterocycles. The fourth-order valence-corrected chi connectivity index (χ4v) is 3.08. The molecule has 0 saturated carbocycles. The maximum atomic E-state index is 13.8. The first-order valence-corrected chi connectivity index (χ1v) is 7.46. The third-order valence-electron chi connectivity index (χ3n) is 3.56. The number of fused-ring (bicyclic) bond motifs is 1. The van der Waals surface area contributed by atoms with Crippen molar-refractivity contribution in [2.24, 2.45) is 0 Å². The van der Waals surface area contributed by atoms with Crippen LogP contribution in [-0.4, -0.2) is 12.0 Å². The van der Waals surface area contributed by atoms with Gasteiger partial charge in [0, 0.05) is 11.6 Å². The fourth-order valence-electron chi connectivity index (χ4n) is 2.58. The van der Waals surface area contributed by atoms with E-state index in [-0.39, 0.29) is 11.9 Å². The number of benzene rings is 2. The molecule has 0 amide bonds. The van der Waals surface area contributed by atoms with E-state index in [0.29, 0.717) is 4.47 Å². The lowest BCUT2D eigenvalue weighted by atomic mass is 9.96. The van der Waals surface area contributed by atoms with Gasteiger partial charge in [0.05, 0.1) is 16.0 Å². The normalized spacial score (nSPS) is 12.5. The molecular weight excluding hydrogens is 331 g/mol. The summed E-state index contributed by atoms with van der Waals surface area (Å²) in [5.74, 6) is -0.263. The van der Waals surface area contributed by atoms with Crippen LogP contribution in [0.5, 0.6) is 0 Å². The highest BCUT2D eigenvalue weighted by atomic mass is 79.9. The molecule has 0 aliphatic heterocycles. The number of hydrogen-bond acceptors (Lipinski definition) is 2. The van der Waals surface area contributed by atoms with Crippen LogP contribution < -0.4 is 5.32 Å². The van der Waals surface area contributed by atoms with Crippen molar-refractivity contribution in [2.45, 2.75) is 6.04 Å². The zero-order chi connectivity index (χ0) is 14.8. The zero-order valence-corrected chi connectivity index (χ0v) is 13.1. The number of rotatable bonds is 3. The summed E-state index contributed by atoms with van der Waals surface area (Å²) < 4.78 is 14.3. The van der Waals surface area contributed by atoms with Gasteiger partial charge in [-0.1, -0.05) is 36.4 Å². The van der Waals surface area contributed by atoms with E-state index in [1.807, 2.05) is 43.4 Å². The highest BCUT2D eigenvalue weighted by Crippen LogP contribution is 2.32. The molecule has 2 aromatic carbocycles. The van der Waals surface area contributed by atoms with Crippen molar-refractivity contribution in [1.82, 2.24) is 10.3 Å². The summed E-state index contributed by atoms with van der Waals surface area (Å²) in [6.07, 6.45) is 1.78. The molecule has 0 saturated heterocycles. The van der Waals surface area contributed by atoms with Crippen LogP contribution in [0.3, 0.4) is 0 Å². The highest BCUT2D eigenvalue weighted by molar-refractivity contribution is 9.10. The largest absolute Gasteiger partial charge is 0.309 e. The van der Waals surface area contributed by atoms with Gasteiger partial charge in [-0.05, 0) is 46.2 Å². The van der Waals surface area contributed by atoms with Crippen molar-refractivity contribution < 1.29 is 4.39 Å². The molecule has 0 aliphatic carbocycles. The van der Waals surface area contributed by atoms with Gasteiger partial charge in [-0.2, -0.15) is 0 Å². The topological polar surface area (TPSA) is 24.9 Å². The third-order valence-corrected chi connectivity index (χ3v) is 4.39. The molecule has 106 valence electrons. The Labute approximate surface area is 131 Å². The van der Waals surface area contributed by atoms with E-state index in [2.05, 4.69) is 26.2 Å². The van der Waals surface area contributed by atoms with Gasteiger partial charge < -0.3 is 5.32 Å². The molecule has 0 fully saturated rings. The Bertz CT molecular complexity index is 783. The summed E-state index contributed by atoms with van der Waals surface area (Å²) in [4.78, 5) is 4.48. The molecule has 4 heteroatoms. The van der Waals surface area contributed by atoms with Crippen LogP contribution >= 0.6 is 15.9 Å². The van der Waals surface area contributed by atoms with Gasteiger partial charge in [0.2, 0.25) is 0 Å².